The normalized spacial score (nSPS) is 34.2. The third-order valence-corrected chi connectivity index (χ3v) is 13.1. The van der Waals surface area contributed by atoms with E-state index in [2.05, 4.69) is 10.3 Å². The van der Waals surface area contributed by atoms with Crippen LogP contribution < -0.4 is 5.32 Å². The van der Waals surface area contributed by atoms with Crippen LogP contribution in [0.3, 0.4) is 0 Å². The number of hydrogen-bond acceptors (Lipinski definition) is 15. The van der Waals surface area contributed by atoms with Gasteiger partial charge in [0.15, 0.2) is 17.7 Å². The number of aryl methyl sites for hydroxylation is 1. The minimum absolute atomic E-state index is 0. The number of nitrogens with zero attached hydrogens (tertiary/aromatic N) is 3. The molecule has 1 aliphatic heterocycles. The first kappa shape index (κ1) is 44.3. The molecular weight excluding hydrogens is 947 g/mol. The molecule has 1 aromatic heterocycles. The van der Waals surface area contributed by atoms with Gasteiger partial charge in [0.25, 0.3) is 0 Å². The third-order valence-electron chi connectivity index (χ3n) is 13.1. The van der Waals surface area contributed by atoms with Crippen LogP contribution in [0.4, 0.5) is 10.6 Å². The van der Waals surface area contributed by atoms with Gasteiger partial charge in [0.05, 0.1) is 29.8 Å². The molecule has 56 heavy (non-hydrogen) atoms. The molecule has 1 saturated heterocycles. The number of fused-ring (bicyclic) bond motifs is 5. The number of carbonyl (C=O) groups is 3. The van der Waals surface area contributed by atoms with E-state index in [4.69, 9.17) is 18.9 Å². The van der Waals surface area contributed by atoms with Gasteiger partial charge in [0.2, 0.25) is 0 Å². The van der Waals surface area contributed by atoms with E-state index in [9.17, 15) is 44.9 Å². The summed E-state index contributed by atoms with van der Waals surface area (Å²) in [5, 5.41) is 62.8. The number of likely N-dealkylation sites (N-methyl/N-ethyl adjacent to an activating group) is 1. The van der Waals surface area contributed by atoms with Gasteiger partial charge >= 0.3 is 17.9 Å². The first-order valence-corrected chi connectivity index (χ1v) is 18.4. The Labute approximate surface area is 359 Å². The van der Waals surface area contributed by atoms with Gasteiger partial charge in [0.1, 0.15) is 43.3 Å². The fourth-order valence-electron chi connectivity index (χ4n) is 10.0. The SMILES string of the molecule is CNC(c1ccccc1)C(O)C(=O)OC1CC2(O)C(C)C3C4(O)COC4CC(OC(=O)OCCn4c([N+](=O)[O-])cnc4C)[C@@]3(C)C(=O)C(O)C(=C1C)C2(C)C.[Ac]. The van der Waals surface area contributed by atoms with Crippen LogP contribution in [0.1, 0.15) is 64.9 Å². The summed E-state index contributed by atoms with van der Waals surface area (Å²) in [6.45, 7) is 9.03. The number of aromatic nitrogens is 2. The Kier molecular flexibility index (Phi) is 12.7. The van der Waals surface area contributed by atoms with E-state index in [1.54, 1.807) is 72.0 Å². The average molecular weight is 998 g/mol. The Balaban J connectivity index is 0.00000600. The summed E-state index contributed by atoms with van der Waals surface area (Å²) in [5.74, 6) is -3.88. The van der Waals surface area contributed by atoms with Crippen LogP contribution in [0.2, 0.25) is 0 Å². The summed E-state index contributed by atoms with van der Waals surface area (Å²) in [6.07, 6.45) is -7.43. The molecule has 0 spiro atoms. The van der Waals surface area contributed by atoms with Crippen LogP contribution in [-0.2, 0) is 35.1 Å². The van der Waals surface area contributed by atoms with Crippen molar-refractivity contribution < 1.29 is 103 Å². The molecule has 1 radical (unpaired) electrons. The molecule has 3 aliphatic carbocycles. The van der Waals surface area contributed by atoms with Crippen molar-refractivity contribution in [2.45, 2.75) is 109 Å². The van der Waals surface area contributed by atoms with Gasteiger partial charge in [-0.3, -0.25) is 4.79 Å². The minimum atomic E-state index is -1.91. The van der Waals surface area contributed by atoms with E-state index in [1.807, 2.05) is 0 Å². The number of esters is 1. The van der Waals surface area contributed by atoms with Crippen molar-refractivity contribution >= 4 is 23.7 Å². The van der Waals surface area contributed by atoms with Crippen molar-refractivity contribution in [1.29, 1.82) is 0 Å². The molecule has 1 aromatic carbocycles. The van der Waals surface area contributed by atoms with Crippen molar-refractivity contribution in [2.75, 3.05) is 20.3 Å². The number of ether oxygens (including phenoxy) is 4. The number of nitro groups is 1. The van der Waals surface area contributed by atoms with Gasteiger partial charge in [-0.15, -0.1) is 0 Å². The zero-order chi connectivity index (χ0) is 40.4. The Bertz CT molecular complexity index is 1890. The average Bonchev–Trinajstić information content (AvgIpc) is 3.50. The second-order valence-corrected chi connectivity index (χ2v) is 16.0. The number of ketones is 1. The number of aliphatic hydroxyl groups is 4. The molecule has 303 valence electrons. The van der Waals surface area contributed by atoms with Crippen molar-refractivity contribution in [1.82, 2.24) is 14.9 Å². The van der Waals surface area contributed by atoms with Gasteiger partial charge in [-0.2, -0.15) is 0 Å². The summed E-state index contributed by atoms with van der Waals surface area (Å²) in [4.78, 5) is 56.4. The quantitative estimate of drug-likeness (QED) is 0.0991. The second kappa shape index (κ2) is 16.1. The van der Waals surface area contributed by atoms with Crippen molar-refractivity contribution in [3.63, 3.8) is 0 Å². The largest absolute Gasteiger partial charge is 0.508 e. The van der Waals surface area contributed by atoms with Gasteiger partial charge in [0, 0.05) is 75.2 Å². The van der Waals surface area contributed by atoms with Crippen molar-refractivity contribution in [3.8, 4) is 0 Å². The molecule has 6 rings (SSSR count). The number of rotatable bonds is 10. The standard InChI is InChI=1S/C38H50N4O13.Ac/c1-19-23(54-33(46)30(44)28(39-7)22-11-9-8-10-12-22)16-38(49)20(2)31-36(6,32(45)29(43)27(19)35(38,4)5)24(15-25-37(31,48)18-53-25)55-34(47)52-14-13-41-21(3)40-17-26(41)42(50)51;/h8-12,17,20,23-25,28-31,39,43-44,48-49H,13-16,18H2,1-7H3;/t20?,23?,24?,25?,28?,29?,30?,31?,36-,37?,38?;/m1./s1. The molecule has 11 atom stereocenters. The molecule has 2 aromatic rings. The van der Waals surface area contributed by atoms with Crippen LogP contribution in [0.25, 0.3) is 0 Å². The number of hydrogen-bond donors (Lipinski definition) is 5. The monoisotopic (exact) mass is 997 g/mol. The third kappa shape index (κ3) is 6.95. The molecule has 3 fully saturated rings. The first-order valence-electron chi connectivity index (χ1n) is 18.4. The predicted octanol–water partition coefficient (Wildman–Crippen LogP) is 2.07. The number of benzene rings is 1. The molecule has 4 aliphatic rings. The molecule has 10 unspecified atom stereocenters. The van der Waals surface area contributed by atoms with Crippen LogP contribution >= 0.6 is 0 Å². The number of imidazole rings is 1. The predicted molar refractivity (Wildman–Crippen MR) is 191 cm³/mol. The van der Waals surface area contributed by atoms with Gasteiger partial charge in [-0.1, -0.05) is 51.1 Å². The van der Waals surface area contributed by atoms with Crippen molar-refractivity contribution in [2.24, 2.45) is 22.7 Å². The molecule has 2 heterocycles. The zero-order valence-corrected chi connectivity index (χ0v) is 37.2. The van der Waals surface area contributed by atoms with E-state index in [-0.39, 0.29) is 88.1 Å². The number of aliphatic hydroxyl groups excluding tert-OH is 2. The van der Waals surface area contributed by atoms with E-state index < -0.39 is 93.3 Å². The van der Waals surface area contributed by atoms with Crippen LogP contribution in [-0.4, -0.2) is 115 Å². The van der Waals surface area contributed by atoms with Crippen LogP contribution in [0.15, 0.2) is 47.7 Å². The summed E-state index contributed by atoms with van der Waals surface area (Å²) in [5.41, 5.74) is -5.62. The van der Waals surface area contributed by atoms with E-state index in [0.717, 1.165) is 6.20 Å². The Morgan fingerprint density at radius 1 is 1.16 bits per heavy atom. The zero-order valence-electron chi connectivity index (χ0n) is 32.5. The van der Waals surface area contributed by atoms with Crippen LogP contribution in [0, 0.1) is 83.8 Å². The summed E-state index contributed by atoms with van der Waals surface area (Å²) < 4.78 is 24.1. The Morgan fingerprint density at radius 2 is 1.82 bits per heavy atom. The molecule has 2 saturated carbocycles. The molecule has 17 nitrogen and oxygen atoms in total. The molecule has 18 heteroatoms. The molecular formula is C38H50AcN4O13. The Morgan fingerprint density at radius 3 is 2.41 bits per heavy atom. The maximum absolute atomic E-state index is 14.9. The van der Waals surface area contributed by atoms with E-state index in [1.165, 1.54) is 11.5 Å². The fourth-order valence-corrected chi connectivity index (χ4v) is 10.0. The maximum atomic E-state index is 14.9. The maximum Gasteiger partial charge on any atom is 0.508 e. The number of Topliss-reactive ketones (excluding diaryl/α,β-unsaturated/α-hetero) is 1. The van der Waals surface area contributed by atoms with Crippen molar-refractivity contribution in [3.05, 3.63) is 69.2 Å². The van der Waals surface area contributed by atoms with Gasteiger partial charge < -0.3 is 54.8 Å². The van der Waals surface area contributed by atoms with Gasteiger partial charge in [-0.05, 0) is 48.4 Å². The molecule has 2 bridgehead atoms. The number of nitrogens with one attached hydrogen (secondary N) is 1. The van der Waals surface area contributed by atoms with E-state index >= 15 is 0 Å². The Hall–Kier alpha value is -2.82. The van der Waals surface area contributed by atoms with Crippen LogP contribution in [0.5, 0.6) is 0 Å². The number of carbonyl (C=O) groups excluding carboxylic acids is 3. The fraction of sp³-hybridized carbons (Fsp3) is 0.632. The summed E-state index contributed by atoms with van der Waals surface area (Å²) in [6, 6.07) is 7.99. The second-order valence-electron chi connectivity index (χ2n) is 16.0. The van der Waals surface area contributed by atoms with E-state index in [0.29, 0.717) is 17.0 Å². The first-order chi connectivity index (χ1) is 25.7. The van der Waals surface area contributed by atoms with Gasteiger partial charge in [-0.25, -0.2) is 19.1 Å². The topological polar surface area (TPSA) is 242 Å². The smallest absolute Gasteiger partial charge is 0.456 e. The summed E-state index contributed by atoms with van der Waals surface area (Å²) >= 11 is 0. The minimum Gasteiger partial charge on any atom is -0.456 e. The summed E-state index contributed by atoms with van der Waals surface area (Å²) in [7, 11) is 1.59. The molecule has 0 amide bonds. The molecule has 5 N–H and O–H groups in total.